The van der Waals surface area contributed by atoms with E-state index in [4.69, 9.17) is 28.6 Å². The molecule has 0 amide bonds. The smallest absolute Gasteiger partial charge is 0.173 e. The summed E-state index contributed by atoms with van der Waals surface area (Å²) >= 11 is 11.3. The lowest BCUT2D eigenvalue weighted by molar-refractivity contribution is 0.390. The molecule has 1 heterocycles. The van der Waals surface area contributed by atoms with Crippen molar-refractivity contribution >= 4 is 40.3 Å². The van der Waals surface area contributed by atoms with Crippen LogP contribution in [0.3, 0.4) is 0 Å². The van der Waals surface area contributed by atoms with Crippen LogP contribution in [0.25, 0.3) is 0 Å². The van der Waals surface area contributed by atoms with Gasteiger partial charge in [0, 0.05) is 37.6 Å². The minimum Gasteiger partial charge on any atom is -0.497 e. The third-order valence-electron chi connectivity index (χ3n) is 4.18. The maximum Gasteiger partial charge on any atom is 0.173 e. The highest BCUT2D eigenvalue weighted by atomic mass is 35.5. The average Bonchev–Trinajstić information content (AvgIpc) is 2.65. The molecule has 1 aliphatic heterocycles. The summed E-state index contributed by atoms with van der Waals surface area (Å²) in [5.41, 5.74) is 1.86. The fourth-order valence-electron chi connectivity index (χ4n) is 2.74. The number of rotatable bonds is 3. The summed E-state index contributed by atoms with van der Waals surface area (Å²) in [6.07, 6.45) is 0. The molecule has 25 heavy (non-hydrogen) atoms. The molecular formula is C18H19ClFN3OS. The van der Waals surface area contributed by atoms with Crippen molar-refractivity contribution in [1.82, 2.24) is 4.90 Å². The second kappa shape index (κ2) is 7.89. The van der Waals surface area contributed by atoms with Gasteiger partial charge in [-0.1, -0.05) is 11.6 Å². The molecule has 1 fully saturated rings. The first-order valence-corrected chi connectivity index (χ1v) is 8.75. The van der Waals surface area contributed by atoms with E-state index in [1.807, 2.05) is 12.1 Å². The highest BCUT2D eigenvalue weighted by Gasteiger charge is 2.19. The maximum absolute atomic E-state index is 13.2. The molecule has 0 radical (unpaired) electrons. The van der Waals surface area contributed by atoms with Crippen LogP contribution in [0.2, 0.25) is 5.02 Å². The van der Waals surface area contributed by atoms with Gasteiger partial charge in [0.2, 0.25) is 0 Å². The third kappa shape index (κ3) is 4.32. The number of hydrogen-bond acceptors (Lipinski definition) is 3. The standard InChI is InChI=1S/C18H19ClFN3OS/c1-24-15-5-3-14(4-6-15)22-8-10-23(11-9-22)18(25)21-13-2-7-17(20)16(19)12-13/h2-7,12H,8-11H2,1H3,(H,21,25). The number of halogens is 2. The van der Waals surface area contributed by atoms with Crippen LogP contribution in [0.1, 0.15) is 0 Å². The SMILES string of the molecule is COc1ccc(N2CCN(C(=S)Nc3ccc(F)c(Cl)c3)CC2)cc1. The molecule has 1 aliphatic rings. The molecule has 0 saturated carbocycles. The summed E-state index contributed by atoms with van der Waals surface area (Å²) in [6, 6.07) is 12.5. The van der Waals surface area contributed by atoms with E-state index in [0.717, 1.165) is 31.9 Å². The number of hydrogen-bond donors (Lipinski definition) is 1. The van der Waals surface area contributed by atoms with Crippen molar-refractivity contribution in [3.8, 4) is 5.75 Å². The largest absolute Gasteiger partial charge is 0.497 e. The fourth-order valence-corrected chi connectivity index (χ4v) is 3.22. The van der Waals surface area contributed by atoms with Crippen molar-refractivity contribution < 1.29 is 9.13 Å². The molecular weight excluding hydrogens is 361 g/mol. The highest BCUT2D eigenvalue weighted by Crippen LogP contribution is 2.22. The second-order valence-electron chi connectivity index (χ2n) is 5.73. The van der Waals surface area contributed by atoms with Crippen molar-refractivity contribution in [3.63, 3.8) is 0 Å². The summed E-state index contributed by atoms with van der Waals surface area (Å²) in [4.78, 5) is 4.42. The Morgan fingerprint density at radius 2 is 1.80 bits per heavy atom. The lowest BCUT2D eigenvalue weighted by Gasteiger charge is -2.37. The Kier molecular flexibility index (Phi) is 5.60. The molecule has 4 nitrogen and oxygen atoms in total. The van der Waals surface area contributed by atoms with E-state index in [-0.39, 0.29) is 5.02 Å². The molecule has 132 valence electrons. The molecule has 0 atom stereocenters. The lowest BCUT2D eigenvalue weighted by Crippen LogP contribution is -2.50. The second-order valence-corrected chi connectivity index (χ2v) is 6.53. The minimum absolute atomic E-state index is 0.0807. The Morgan fingerprint density at radius 1 is 1.12 bits per heavy atom. The van der Waals surface area contributed by atoms with Crippen molar-refractivity contribution in [1.29, 1.82) is 0 Å². The van der Waals surface area contributed by atoms with Gasteiger partial charge in [0.05, 0.1) is 12.1 Å². The van der Waals surface area contributed by atoms with E-state index in [1.54, 1.807) is 13.2 Å². The van der Waals surface area contributed by atoms with Gasteiger partial charge in [-0.15, -0.1) is 0 Å². The summed E-state index contributed by atoms with van der Waals surface area (Å²) in [6.45, 7) is 3.37. The Morgan fingerprint density at radius 3 is 2.40 bits per heavy atom. The van der Waals surface area contributed by atoms with Gasteiger partial charge in [-0.3, -0.25) is 0 Å². The van der Waals surface area contributed by atoms with E-state index in [1.165, 1.54) is 17.8 Å². The van der Waals surface area contributed by atoms with Crippen LogP contribution in [0.15, 0.2) is 42.5 Å². The number of thiocarbonyl (C=S) groups is 1. The van der Waals surface area contributed by atoms with Gasteiger partial charge in [0.1, 0.15) is 11.6 Å². The normalized spacial score (nSPS) is 14.4. The van der Waals surface area contributed by atoms with E-state index in [0.29, 0.717) is 10.8 Å². The quantitative estimate of drug-likeness (QED) is 0.813. The molecule has 2 aromatic rings. The van der Waals surface area contributed by atoms with Crippen molar-refractivity contribution in [3.05, 3.63) is 53.3 Å². The lowest BCUT2D eigenvalue weighted by atomic mass is 10.2. The van der Waals surface area contributed by atoms with Crippen LogP contribution in [-0.4, -0.2) is 43.3 Å². The monoisotopic (exact) mass is 379 g/mol. The summed E-state index contributed by atoms with van der Waals surface area (Å²) in [5.74, 6) is 0.414. The topological polar surface area (TPSA) is 27.7 Å². The van der Waals surface area contributed by atoms with Crippen LogP contribution < -0.4 is 15.0 Å². The predicted molar refractivity (Wildman–Crippen MR) is 104 cm³/mol. The van der Waals surface area contributed by atoms with Gasteiger partial charge in [-0.2, -0.15) is 0 Å². The zero-order valence-electron chi connectivity index (χ0n) is 13.8. The molecule has 2 aromatic carbocycles. The number of ether oxygens (including phenoxy) is 1. The van der Waals surface area contributed by atoms with E-state index >= 15 is 0 Å². The summed E-state index contributed by atoms with van der Waals surface area (Å²) in [7, 11) is 1.66. The Balaban J connectivity index is 1.55. The number of anilines is 2. The van der Waals surface area contributed by atoms with Crippen molar-refractivity contribution in [2.24, 2.45) is 0 Å². The maximum atomic E-state index is 13.2. The number of methoxy groups -OCH3 is 1. The molecule has 3 rings (SSSR count). The number of nitrogens with one attached hydrogen (secondary N) is 1. The van der Waals surface area contributed by atoms with Crippen LogP contribution in [0.4, 0.5) is 15.8 Å². The van der Waals surface area contributed by atoms with Gasteiger partial charge >= 0.3 is 0 Å². The molecule has 1 N–H and O–H groups in total. The number of nitrogens with zero attached hydrogens (tertiary/aromatic N) is 2. The van der Waals surface area contributed by atoms with Gasteiger partial charge < -0.3 is 19.9 Å². The van der Waals surface area contributed by atoms with Crippen LogP contribution in [0.5, 0.6) is 5.75 Å². The molecule has 0 aliphatic carbocycles. The molecule has 1 saturated heterocycles. The van der Waals surface area contributed by atoms with Crippen molar-refractivity contribution in [2.75, 3.05) is 43.5 Å². The zero-order chi connectivity index (χ0) is 17.8. The molecule has 0 unspecified atom stereocenters. The van der Waals surface area contributed by atoms with Gasteiger partial charge in [-0.25, -0.2) is 4.39 Å². The first-order valence-electron chi connectivity index (χ1n) is 7.97. The average molecular weight is 380 g/mol. The first kappa shape index (κ1) is 17.8. The van der Waals surface area contributed by atoms with Gasteiger partial charge in [0.25, 0.3) is 0 Å². The molecule has 0 bridgehead atoms. The van der Waals surface area contributed by atoms with E-state index in [9.17, 15) is 4.39 Å². The zero-order valence-corrected chi connectivity index (χ0v) is 15.4. The molecule has 0 aromatic heterocycles. The summed E-state index contributed by atoms with van der Waals surface area (Å²) in [5, 5.41) is 3.82. The Hall–Kier alpha value is -2.05. The third-order valence-corrected chi connectivity index (χ3v) is 4.83. The van der Waals surface area contributed by atoms with E-state index < -0.39 is 5.82 Å². The van der Waals surface area contributed by atoms with Crippen molar-refractivity contribution in [2.45, 2.75) is 0 Å². The Bertz CT molecular complexity index is 748. The van der Waals surface area contributed by atoms with Gasteiger partial charge in [0.15, 0.2) is 5.11 Å². The minimum atomic E-state index is -0.439. The first-order chi connectivity index (χ1) is 12.1. The molecule has 7 heteroatoms. The van der Waals surface area contributed by atoms with Crippen LogP contribution in [-0.2, 0) is 0 Å². The van der Waals surface area contributed by atoms with Crippen LogP contribution >= 0.6 is 23.8 Å². The van der Waals surface area contributed by atoms with Crippen LogP contribution in [0, 0.1) is 5.82 Å². The highest BCUT2D eigenvalue weighted by molar-refractivity contribution is 7.80. The number of piperazine rings is 1. The fraction of sp³-hybridized carbons (Fsp3) is 0.278. The Labute approximate surface area is 157 Å². The summed E-state index contributed by atoms with van der Waals surface area (Å²) < 4.78 is 18.4. The molecule has 0 spiro atoms. The number of benzene rings is 2. The predicted octanol–water partition coefficient (Wildman–Crippen LogP) is 4.01. The van der Waals surface area contributed by atoms with Gasteiger partial charge in [-0.05, 0) is 54.7 Å². The van der Waals surface area contributed by atoms with E-state index in [2.05, 4.69) is 27.2 Å².